The third-order valence-corrected chi connectivity index (χ3v) is 10.7. The van der Waals surface area contributed by atoms with Gasteiger partial charge in [-0.15, -0.1) is 0 Å². The van der Waals surface area contributed by atoms with Crippen LogP contribution in [0.15, 0.2) is 0 Å². The van der Waals surface area contributed by atoms with Crippen LogP contribution >= 0.6 is 0 Å². The van der Waals surface area contributed by atoms with Crippen LogP contribution in [0.4, 0.5) is 0 Å². The fourth-order valence-electron chi connectivity index (χ4n) is 7.38. The van der Waals surface area contributed by atoms with E-state index in [0.717, 1.165) is 4.48 Å². The summed E-state index contributed by atoms with van der Waals surface area (Å²) in [5.41, 5.74) is 0. The Morgan fingerprint density at radius 2 is 0.326 bits per heavy atom. The number of hydrogen-bond acceptors (Lipinski definition) is 0. The van der Waals surface area contributed by atoms with Crippen LogP contribution in [-0.2, 0) is 0 Å². The summed E-state index contributed by atoms with van der Waals surface area (Å²) in [6.07, 6.45) is 59.3. The van der Waals surface area contributed by atoms with E-state index in [-0.39, 0.29) is 0 Å². The molecule has 0 atom stereocenters. The summed E-state index contributed by atoms with van der Waals surface area (Å²) in [5.74, 6) is 0. The second-order valence-electron chi connectivity index (χ2n) is 16.8. The Balaban J connectivity index is 3.05. The van der Waals surface area contributed by atoms with E-state index in [4.69, 9.17) is 0 Å². The number of nitrogens with zero attached hydrogens (tertiary/aromatic N) is 1. The number of quaternary nitrogens is 1. The van der Waals surface area contributed by atoms with Crippen LogP contribution in [0.5, 0.6) is 0 Å². The van der Waals surface area contributed by atoms with Crippen molar-refractivity contribution in [2.45, 2.75) is 264 Å². The predicted molar refractivity (Wildman–Crippen MR) is 213 cm³/mol. The van der Waals surface area contributed by atoms with Gasteiger partial charge >= 0.3 is 0 Å². The van der Waals surface area contributed by atoms with Crippen molar-refractivity contribution < 1.29 is 4.48 Å². The van der Waals surface area contributed by atoms with Gasteiger partial charge in [0.05, 0.1) is 27.7 Å². The van der Waals surface area contributed by atoms with Gasteiger partial charge in [-0.05, 0) is 12.8 Å². The predicted octanol–water partition coefficient (Wildman–Crippen LogP) is 16.3. The highest BCUT2D eigenvalue weighted by Gasteiger charge is 2.05. The monoisotopic (exact) mass is 649 g/mol. The van der Waals surface area contributed by atoms with Crippen molar-refractivity contribution in [1.82, 2.24) is 0 Å². The molecule has 0 radical (unpaired) electrons. The molecule has 0 fully saturated rings. The Morgan fingerprint density at radius 3 is 0.457 bits per heavy atom. The molecule has 0 aliphatic rings. The van der Waals surface area contributed by atoms with E-state index in [1.807, 2.05) is 0 Å². The SMILES string of the molecule is CCCCCCCCCCCCCCCCCCCCCCCCCCCCCCCCCCCCCCCCCC[N+](C)(C)C. The summed E-state index contributed by atoms with van der Waals surface area (Å²) in [5, 5.41) is 0. The molecular formula is C45H94N+. The summed E-state index contributed by atoms with van der Waals surface area (Å²) < 4.78 is 1.12. The zero-order valence-electron chi connectivity index (χ0n) is 33.4. The van der Waals surface area contributed by atoms with Gasteiger partial charge in [0.1, 0.15) is 0 Å². The molecule has 0 saturated carbocycles. The average Bonchev–Trinajstić information content (AvgIpc) is 3.03. The van der Waals surface area contributed by atoms with Gasteiger partial charge in [-0.3, -0.25) is 0 Å². The molecule has 1 heteroatoms. The maximum absolute atomic E-state index is 2.31. The van der Waals surface area contributed by atoms with E-state index >= 15 is 0 Å². The molecule has 0 spiro atoms. The van der Waals surface area contributed by atoms with Crippen LogP contribution in [0, 0.1) is 0 Å². The molecule has 0 aromatic carbocycles. The minimum Gasteiger partial charge on any atom is -0.331 e. The smallest absolute Gasteiger partial charge is 0.0780 e. The zero-order chi connectivity index (χ0) is 33.5. The first-order valence-electron chi connectivity index (χ1n) is 22.4. The largest absolute Gasteiger partial charge is 0.331 e. The fourth-order valence-corrected chi connectivity index (χ4v) is 7.38. The van der Waals surface area contributed by atoms with E-state index in [0.29, 0.717) is 0 Å². The average molecular weight is 649 g/mol. The van der Waals surface area contributed by atoms with E-state index < -0.39 is 0 Å². The first-order valence-corrected chi connectivity index (χ1v) is 22.4. The highest BCUT2D eigenvalue weighted by molar-refractivity contribution is 4.53. The molecule has 0 rings (SSSR count). The summed E-state index contributed by atoms with van der Waals surface area (Å²) in [6.45, 7) is 3.64. The topological polar surface area (TPSA) is 0 Å². The van der Waals surface area contributed by atoms with E-state index in [2.05, 4.69) is 28.1 Å². The summed E-state index contributed by atoms with van der Waals surface area (Å²) >= 11 is 0. The van der Waals surface area contributed by atoms with Crippen molar-refractivity contribution in [1.29, 1.82) is 0 Å². The second kappa shape index (κ2) is 39.4. The van der Waals surface area contributed by atoms with Crippen LogP contribution in [-0.4, -0.2) is 32.2 Å². The van der Waals surface area contributed by atoms with Crippen LogP contribution in [0.2, 0.25) is 0 Å². The zero-order valence-corrected chi connectivity index (χ0v) is 33.4. The first-order chi connectivity index (χ1) is 22.6. The van der Waals surface area contributed by atoms with E-state index in [1.165, 1.54) is 263 Å². The molecule has 0 amide bonds. The van der Waals surface area contributed by atoms with Gasteiger partial charge in [0.25, 0.3) is 0 Å². The summed E-state index contributed by atoms with van der Waals surface area (Å²) in [6, 6.07) is 0. The Morgan fingerprint density at radius 1 is 0.196 bits per heavy atom. The third kappa shape index (κ3) is 44.0. The quantitative estimate of drug-likeness (QED) is 0.0457. The van der Waals surface area contributed by atoms with Gasteiger partial charge in [-0.2, -0.15) is 0 Å². The van der Waals surface area contributed by atoms with Crippen molar-refractivity contribution in [3.05, 3.63) is 0 Å². The Bertz CT molecular complexity index is 520. The molecule has 46 heavy (non-hydrogen) atoms. The van der Waals surface area contributed by atoms with E-state index in [9.17, 15) is 0 Å². The van der Waals surface area contributed by atoms with Crippen LogP contribution in [0.1, 0.15) is 264 Å². The van der Waals surface area contributed by atoms with Crippen molar-refractivity contribution in [3.63, 3.8) is 0 Å². The van der Waals surface area contributed by atoms with Crippen molar-refractivity contribution in [2.75, 3.05) is 27.7 Å². The molecule has 0 aromatic heterocycles. The van der Waals surface area contributed by atoms with Crippen LogP contribution < -0.4 is 0 Å². The minimum atomic E-state index is 1.12. The van der Waals surface area contributed by atoms with Gasteiger partial charge in [0.2, 0.25) is 0 Å². The molecule has 0 aliphatic carbocycles. The Kier molecular flexibility index (Phi) is 39.4. The lowest BCUT2D eigenvalue weighted by molar-refractivity contribution is -0.870. The van der Waals surface area contributed by atoms with Gasteiger partial charge in [0.15, 0.2) is 0 Å². The van der Waals surface area contributed by atoms with Gasteiger partial charge < -0.3 is 4.48 Å². The normalized spacial score (nSPS) is 12.0. The Labute approximate surface area is 295 Å². The van der Waals surface area contributed by atoms with Gasteiger partial charge in [0, 0.05) is 0 Å². The number of hydrogen-bond donors (Lipinski definition) is 0. The van der Waals surface area contributed by atoms with Gasteiger partial charge in [-0.1, -0.05) is 251 Å². The molecule has 0 heterocycles. The third-order valence-electron chi connectivity index (χ3n) is 10.7. The molecule has 0 bridgehead atoms. The second-order valence-corrected chi connectivity index (χ2v) is 16.8. The van der Waals surface area contributed by atoms with Crippen LogP contribution in [0.3, 0.4) is 0 Å². The molecule has 0 aromatic rings. The summed E-state index contributed by atoms with van der Waals surface area (Å²) in [7, 11) is 6.93. The minimum absolute atomic E-state index is 1.12. The number of rotatable bonds is 41. The standard InChI is InChI=1S/C45H94N/c1-5-6-7-8-9-10-11-12-13-14-15-16-17-18-19-20-21-22-23-24-25-26-27-28-29-30-31-32-33-34-35-36-37-38-39-40-41-42-43-44-45-46(2,3)4/h5-45H2,1-4H3/q+1. The van der Waals surface area contributed by atoms with Crippen LogP contribution in [0.25, 0.3) is 0 Å². The van der Waals surface area contributed by atoms with E-state index in [1.54, 1.807) is 0 Å². The molecular weight excluding hydrogens is 555 g/mol. The maximum Gasteiger partial charge on any atom is 0.0780 e. The maximum atomic E-state index is 2.31. The lowest BCUT2D eigenvalue weighted by Gasteiger charge is -2.23. The summed E-state index contributed by atoms with van der Waals surface area (Å²) in [4.78, 5) is 0. The molecule has 0 unspecified atom stereocenters. The Hall–Kier alpha value is -0.0400. The highest BCUT2D eigenvalue weighted by atomic mass is 15.3. The molecule has 0 saturated heterocycles. The van der Waals surface area contributed by atoms with Crippen molar-refractivity contribution >= 4 is 0 Å². The first kappa shape index (κ1) is 46.0. The molecule has 0 aliphatic heterocycles. The number of unbranched alkanes of at least 4 members (excludes halogenated alkanes) is 39. The fraction of sp³-hybridized carbons (Fsp3) is 1.00. The molecule has 1 nitrogen and oxygen atoms in total. The lowest BCUT2D eigenvalue weighted by Crippen LogP contribution is -2.35. The lowest BCUT2D eigenvalue weighted by atomic mass is 10.0. The highest BCUT2D eigenvalue weighted by Crippen LogP contribution is 2.18. The molecule has 0 N–H and O–H groups in total. The molecule has 278 valence electrons. The van der Waals surface area contributed by atoms with Crippen molar-refractivity contribution in [2.24, 2.45) is 0 Å². The van der Waals surface area contributed by atoms with Crippen molar-refractivity contribution in [3.8, 4) is 0 Å². The van der Waals surface area contributed by atoms with Gasteiger partial charge in [-0.25, -0.2) is 0 Å².